The molecule has 0 N–H and O–H groups in total. The summed E-state index contributed by atoms with van der Waals surface area (Å²) in [5, 5.41) is 0. The Bertz CT molecular complexity index is 978. The molecule has 0 fully saturated rings. The van der Waals surface area contributed by atoms with Crippen LogP contribution in [-0.2, 0) is 9.53 Å². The Balaban J connectivity index is 1.62. The molecule has 0 aliphatic heterocycles. The van der Waals surface area contributed by atoms with Crippen LogP contribution in [0.4, 0.5) is 0 Å². The predicted octanol–water partition coefficient (Wildman–Crippen LogP) is 5.27. The van der Waals surface area contributed by atoms with Gasteiger partial charge in [0.2, 0.25) is 0 Å². The molecule has 2 aromatic carbocycles. The molecular weight excluding hydrogens is 368 g/mol. The minimum atomic E-state index is -2.84. The van der Waals surface area contributed by atoms with Crippen molar-refractivity contribution in [2.45, 2.75) is 39.5 Å². The second kappa shape index (κ2) is 11.7. The van der Waals surface area contributed by atoms with E-state index < -0.39 is 30.9 Å². The summed E-state index contributed by atoms with van der Waals surface area (Å²) in [5.41, 5.74) is 0.590. The molecule has 0 heterocycles. The van der Waals surface area contributed by atoms with E-state index >= 15 is 0 Å². The summed E-state index contributed by atoms with van der Waals surface area (Å²) in [4.78, 5) is 24.0. The Kier molecular flexibility index (Phi) is 6.37. The molecule has 5 heteroatoms. The Labute approximate surface area is 179 Å². The van der Waals surface area contributed by atoms with Crippen molar-refractivity contribution in [2.75, 3.05) is 13.2 Å². The third kappa shape index (κ3) is 8.21. The molecule has 5 nitrogen and oxygen atoms in total. The smallest absolute Gasteiger partial charge is 0.343 e. The van der Waals surface area contributed by atoms with E-state index in [4.69, 9.17) is 21.1 Å². The first-order valence-corrected chi connectivity index (χ1v) is 9.44. The lowest BCUT2D eigenvalue weighted by atomic mass is 10.2. The number of hydrogen-bond acceptors (Lipinski definition) is 5. The zero-order valence-electron chi connectivity index (χ0n) is 21.4. The van der Waals surface area contributed by atoms with Crippen LogP contribution in [0.5, 0.6) is 11.5 Å². The van der Waals surface area contributed by atoms with Crippen LogP contribution in [0.2, 0.25) is 0 Å². The molecule has 0 saturated carbocycles. The van der Waals surface area contributed by atoms with Gasteiger partial charge in [0.25, 0.3) is 0 Å². The van der Waals surface area contributed by atoms with Crippen molar-refractivity contribution >= 4 is 11.9 Å². The molecule has 0 amide bonds. The number of carbonyl (C=O) groups is 2. The van der Waals surface area contributed by atoms with E-state index in [-0.39, 0.29) is 6.61 Å². The van der Waals surface area contributed by atoms with Crippen molar-refractivity contribution in [3.63, 3.8) is 0 Å². The van der Waals surface area contributed by atoms with E-state index in [1.54, 1.807) is 36.4 Å². The first-order valence-electron chi connectivity index (χ1n) is 11.9. The second-order valence-electron chi connectivity index (χ2n) is 6.50. The fourth-order valence-corrected chi connectivity index (χ4v) is 2.44. The Morgan fingerprint density at radius 3 is 2.24 bits per heavy atom. The summed E-state index contributed by atoms with van der Waals surface area (Å²) in [5.74, 6) is -0.474. The SMILES string of the molecule is [2H]C([2H])=C(C(=O)OCCCCCCOc1ccc(C(=O)Oc2ccc(C)cc2)cc1)C([2H])([2H])[2H]. The predicted molar refractivity (Wildman–Crippen MR) is 112 cm³/mol. The number of benzene rings is 2. The highest BCUT2D eigenvalue weighted by Gasteiger charge is 2.08. The van der Waals surface area contributed by atoms with Crippen LogP contribution >= 0.6 is 0 Å². The van der Waals surface area contributed by atoms with E-state index in [0.717, 1.165) is 24.8 Å². The molecule has 29 heavy (non-hydrogen) atoms. The zero-order valence-corrected chi connectivity index (χ0v) is 16.4. The van der Waals surface area contributed by atoms with Gasteiger partial charge in [-0.2, -0.15) is 0 Å². The maximum atomic E-state index is 12.2. The Hall–Kier alpha value is -3.08. The molecule has 0 unspecified atom stereocenters. The van der Waals surface area contributed by atoms with Crippen LogP contribution in [0.15, 0.2) is 60.6 Å². The van der Waals surface area contributed by atoms with Gasteiger partial charge in [-0.25, -0.2) is 9.59 Å². The van der Waals surface area contributed by atoms with E-state index in [1.165, 1.54) is 0 Å². The quantitative estimate of drug-likeness (QED) is 0.222. The lowest BCUT2D eigenvalue weighted by Gasteiger charge is -2.08. The molecule has 0 atom stereocenters. The highest BCUT2D eigenvalue weighted by Crippen LogP contribution is 2.17. The third-order valence-electron chi connectivity index (χ3n) is 4.07. The van der Waals surface area contributed by atoms with Gasteiger partial charge in [0.1, 0.15) is 11.5 Å². The highest BCUT2D eigenvalue weighted by molar-refractivity contribution is 5.91. The lowest BCUT2D eigenvalue weighted by Crippen LogP contribution is -2.08. The molecule has 0 aliphatic rings. The summed E-state index contributed by atoms with van der Waals surface area (Å²) < 4.78 is 51.7. The molecule has 0 aliphatic carbocycles. The van der Waals surface area contributed by atoms with Crippen molar-refractivity contribution in [1.29, 1.82) is 0 Å². The average molecular weight is 402 g/mol. The number of carbonyl (C=O) groups excluding carboxylic acids is 2. The molecule has 2 rings (SSSR count). The molecule has 0 aromatic heterocycles. The lowest BCUT2D eigenvalue weighted by molar-refractivity contribution is -0.139. The monoisotopic (exact) mass is 401 g/mol. The van der Waals surface area contributed by atoms with Crippen LogP contribution in [0, 0.1) is 6.92 Å². The fourth-order valence-electron chi connectivity index (χ4n) is 2.44. The van der Waals surface area contributed by atoms with Crippen LogP contribution < -0.4 is 9.47 Å². The van der Waals surface area contributed by atoms with Gasteiger partial charge in [0, 0.05) is 9.69 Å². The molecule has 0 bridgehead atoms. The number of ether oxygens (including phenoxy) is 3. The highest BCUT2D eigenvalue weighted by atomic mass is 16.5. The van der Waals surface area contributed by atoms with Crippen LogP contribution in [-0.4, -0.2) is 25.2 Å². The second-order valence-corrected chi connectivity index (χ2v) is 6.50. The molecule has 0 saturated heterocycles. The van der Waals surface area contributed by atoms with E-state index in [2.05, 4.69) is 0 Å². The molecule has 0 radical (unpaired) electrons. The Morgan fingerprint density at radius 1 is 0.931 bits per heavy atom. The summed E-state index contributed by atoms with van der Waals surface area (Å²) in [6, 6.07) is 13.9. The van der Waals surface area contributed by atoms with E-state index in [0.29, 0.717) is 30.1 Å². The molecular formula is C24H28O5. The topological polar surface area (TPSA) is 61.8 Å². The van der Waals surface area contributed by atoms with Gasteiger partial charge in [-0.1, -0.05) is 24.2 Å². The van der Waals surface area contributed by atoms with Gasteiger partial charge >= 0.3 is 11.9 Å². The molecule has 2 aromatic rings. The van der Waals surface area contributed by atoms with Crippen molar-refractivity contribution < 1.29 is 30.7 Å². The largest absolute Gasteiger partial charge is 0.494 e. The van der Waals surface area contributed by atoms with Gasteiger partial charge in [0.15, 0.2) is 0 Å². The minimum absolute atomic E-state index is 0.0205. The van der Waals surface area contributed by atoms with Crippen LogP contribution in [0.25, 0.3) is 0 Å². The number of esters is 2. The van der Waals surface area contributed by atoms with Crippen molar-refractivity contribution in [3.05, 3.63) is 71.8 Å². The summed E-state index contributed by atoms with van der Waals surface area (Å²) in [7, 11) is 0. The number of hydrogen-bond donors (Lipinski definition) is 0. The maximum Gasteiger partial charge on any atom is 0.343 e. The summed E-state index contributed by atoms with van der Waals surface area (Å²) in [6.45, 7) is -1.45. The van der Waals surface area contributed by atoms with Crippen molar-refractivity contribution in [2.24, 2.45) is 0 Å². The van der Waals surface area contributed by atoms with E-state index in [1.807, 2.05) is 19.1 Å². The first kappa shape index (κ1) is 15.8. The number of aryl methyl sites for hydroxylation is 1. The maximum absolute atomic E-state index is 12.2. The van der Waals surface area contributed by atoms with Crippen LogP contribution in [0.3, 0.4) is 0 Å². The normalized spacial score (nSPS) is 13.1. The van der Waals surface area contributed by atoms with Gasteiger partial charge in [-0.05, 0) is 75.9 Å². The van der Waals surface area contributed by atoms with Gasteiger partial charge in [0.05, 0.1) is 21.5 Å². The number of rotatable bonds is 11. The van der Waals surface area contributed by atoms with Crippen molar-refractivity contribution in [1.82, 2.24) is 0 Å². The van der Waals surface area contributed by atoms with Gasteiger partial charge in [-0.15, -0.1) is 0 Å². The average Bonchev–Trinajstić information content (AvgIpc) is 2.76. The fraction of sp³-hybridized carbons (Fsp3) is 0.333. The summed E-state index contributed by atoms with van der Waals surface area (Å²) >= 11 is 0. The first-order chi connectivity index (χ1) is 16.1. The van der Waals surface area contributed by atoms with Crippen LogP contribution in [0.1, 0.15) is 55.3 Å². The minimum Gasteiger partial charge on any atom is -0.494 e. The van der Waals surface area contributed by atoms with E-state index in [9.17, 15) is 9.59 Å². The molecule has 154 valence electrons. The van der Waals surface area contributed by atoms with Gasteiger partial charge < -0.3 is 14.2 Å². The standard InChI is InChI=1S/C24H28O5/c1-18(2)23(25)28-17-7-5-4-6-16-27-21-14-10-20(11-15-21)24(26)29-22-12-8-19(3)9-13-22/h8-15H,1,4-7,16-17H2,2-3H3/i1D2,2D3. The summed E-state index contributed by atoms with van der Waals surface area (Å²) in [6.07, 6.45) is 2.84. The third-order valence-corrected chi connectivity index (χ3v) is 4.07. The van der Waals surface area contributed by atoms with Gasteiger partial charge in [-0.3, -0.25) is 0 Å². The van der Waals surface area contributed by atoms with Crippen molar-refractivity contribution in [3.8, 4) is 11.5 Å². The number of unbranched alkanes of at least 4 members (excludes halogenated alkanes) is 3. The zero-order chi connectivity index (χ0) is 25.1. The molecule has 0 spiro atoms. The Morgan fingerprint density at radius 2 is 1.59 bits per heavy atom.